The Labute approximate surface area is 148 Å². The number of amides is 2. The van der Waals surface area contributed by atoms with Gasteiger partial charge in [-0.3, -0.25) is 0 Å². The minimum absolute atomic E-state index is 0.174. The predicted molar refractivity (Wildman–Crippen MR) is 97.4 cm³/mol. The van der Waals surface area contributed by atoms with Crippen molar-refractivity contribution in [2.24, 2.45) is 0 Å². The summed E-state index contributed by atoms with van der Waals surface area (Å²) >= 11 is 0. The van der Waals surface area contributed by atoms with Crippen LogP contribution in [0.4, 0.5) is 9.18 Å². The lowest BCUT2D eigenvalue weighted by molar-refractivity contribution is 0.237. The summed E-state index contributed by atoms with van der Waals surface area (Å²) in [6.45, 7) is 6.93. The highest BCUT2D eigenvalue weighted by Crippen LogP contribution is 2.26. The summed E-state index contributed by atoms with van der Waals surface area (Å²) in [6.07, 6.45) is 0.650. The second-order valence-electron chi connectivity index (χ2n) is 5.97. The van der Waals surface area contributed by atoms with Crippen LogP contribution in [0, 0.1) is 12.7 Å². The number of hydrogen-bond donors (Lipinski definition) is 2. The van der Waals surface area contributed by atoms with Gasteiger partial charge in [-0.2, -0.15) is 0 Å². The van der Waals surface area contributed by atoms with Crippen LogP contribution in [0.5, 0.6) is 5.75 Å². The van der Waals surface area contributed by atoms with Gasteiger partial charge in [-0.1, -0.05) is 29.8 Å². The number of nitrogens with one attached hydrogen (secondary N) is 2. The van der Waals surface area contributed by atoms with Crippen molar-refractivity contribution in [3.8, 4) is 5.75 Å². The third-order valence-corrected chi connectivity index (χ3v) is 3.89. The van der Waals surface area contributed by atoms with Crippen molar-refractivity contribution in [3.05, 3.63) is 65.0 Å². The molecule has 2 N–H and O–H groups in total. The van der Waals surface area contributed by atoms with Gasteiger partial charge in [0.2, 0.25) is 0 Å². The first kappa shape index (κ1) is 18.8. The molecule has 1 unspecified atom stereocenters. The van der Waals surface area contributed by atoms with Crippen molar-refractivity contribution in [2.75, 3.05) is 13.2 Å². The average Bonchev–Trinajstić information content (AvgIpc) is 2.58. The van der Waals surface area contributed by atoms with Gasteiger partial charge < -0.3 is 15.4 Å². The molecule has 0 radical (unpaired) electrons. The first-order valence-electron chi connectivity index (χ1n) is 8.51. The summed E-state index contributed by atoms with van der Waals surface area (Å²) in [6, 6.07) is 11.8. The molecular weight excluding hydrogens is 319 g/mol. The van der Waals surface area contributed by atoms with Crippen LogP contribution >= 0.6 is 0 Å². The second kappa shape index (κ2) is 9.06. The summed E-state index contributed by atoms with van der Waals surface area (Å²) in [4.78, 5) is 12.1. The topological polar surface area (TPSA) is 50.4 Å². The number of rotatable bonds is 7. The van der Waals surface area contributed by atoms with Crippen LogP contribution in [0.2, 0.25) is 0 Å². The van der Waals surface area contributed by atoms with E-state index in [1.807, 2.05) is 39.0 Å². The molecule has 0 heterocycles. The van der Waals surface area contributed by atoms with Gasteiger partial charge >= 0.3 is 6.03 Å². The Kier molecular flexibility index (Phi) is 6.81. The summed E-state index contributed by atoms with van der Waals surface area (Å²) < 4.78 is 18.5. The van der Waals surface area contributed by atoms with E-state index in [1.165, 1.54) is 12.1 Å². The normalized spacial score (nSPS) is 11.7. The summed E-state index contributed by atoms with van der Waals surface area (Å²) in [5.74, 6) is 0.527. The molecule has 0 aliphatic carbocycles. The maximum absolute atomic E-state index is 12.9. The maximum atomic E-state index is 12.9. The van der Waals surface area contributed by atoms with E-state index in [0.717, 1.165) is 22.4 Å². The fourth-order valence-corrected chi connectivity index (χ4v) is 2.59. The van der Waals surface area contributed by atoms with E-state index in [0.29, 0.717) is 19.6 Å². The van der Waals surface area contributed by atoms with Crippen molar-refractivity contribution < 1.29 is 13.9 Å². The molecule has 0 aliphatic rings. The first-order valence-corrected chi connectivity index (χ1v) is 8.51. The lowest BCUT2D eigenvalue weighted by atomic mass is 10.0. The smallest absolute Gasteiger partial charge is 0.315 e. The molecule has 1 atom stereocenters. The molecule has 2 aromatic carbocycles. The summed E-state index contributed by atoms with van der Waals surface area (Å²) in [5.41, 5.74) is 3.05. The molecule has 25 heavy (non-hydrogen) atoms. The number of urea groups is 1. The van der Waals surface area contributed by atoms with Crippen LogP contribution < -0.4 is 15.4 Å². The third kappa shape index (κ3) is 5.78. The zero-order chi connectivity index (χ0) is 18.2. The van der Waals surface area contributed by atoms with Gasteiger partial charge in [0.25, 0.3) is 0 Å². The molecule has 2 aromatic rings. The van der Waals surface area contributed by atoms with E-state index >= 15 is 0 Å². The quantitative estimate of drug-likeness (QED) is 0.793. The lowest BCUT2D eigenvalue weighted by Gasteiger charge is -2.19. The molecule has 0 aromatic heterocycles. The van der Waals surface area contributed by atoms with Gasteiger partial charge in [0.05, 0.1) is 12.6 Å². The molecule has 5 heteroatoms. The standard InChI is InChI=1S/C20H25FN2O2/c1-4-25-19-10-5-14(2)13-18(19)15(3)23-20(24)22-12-11-16-6-8-17(21)9-7-16/h5-10,13,15H,4,11-12H2,1-3H3,(H2,22,23,24). The Bertz CT molecular complexity index is 701. The van der Waals surface area contributed by atoms with E-state index in [-0.39, 0.29) is 17.9 Å². The molecule has 0 saturated carbocycles. The third-order valence-electron chi connectivity index (χ3n) is 3.89. The van der Waals surface area contributed by atoms with Gasteiger partial charge in [-0.05, 0) is 51.0 Å². The fraction of sp³-hybridized carbons (Fsp3) is 0.350. The van der Waals surface area contributed by atoms with E-state index in [4.69, 9.17) is 4.74 Å². The summed E-state index contributed by atoms with van der Waals surface area (Å²) in [7, 11) is 0. The fourth-order valence-electron chi connectivity index (χ4n) is 2.59. The van der Waals surface area contributed by atoms with Crippen molar-refractivity contribution >= 4 is 6.03 Å². The van der Waals surface area contributed by atoms with E-state index in [2.05, 4.69) is 10.6 Å². The highest BCUT2D eigenvalue weighted by Gasteiger charge is 2.14. The number of aryl methyl sites for hydroxylation is 1. The number of carbonyl (C=O) groups is 1. The van der Waals surface area contributed by atoms with Crippen molar-refractivity contribution in [1.82, 2.24) is 10.6 Å². The molecule has 2 rings (SSSR count). The maximum Gasteiger partial charge on any atom is 0.315 e. The highest BCUT2D eigenvalue weighted by atomic mass is 19.1. The minimum atomic E-state index is -0.258. The molecular formula is C20H25FN2O2. The average molecular weight is 344 g/mol. The zero-order valence-corrected chi connectivity index (χ0v) is 14.9. The molecule has 0 fully saturated rings. The summed E-state index contributed by atoms with van der Waals surface area (Å²) in [5, 5.41) is 5.76. The van der Waals surface area contributed by atoms with Gasteiger partial charge in [-0.15, -0.1) is 0 Å². The van der Waals surface area contributed by atoms with Crippen molar-refractivity contribution in [1.29, 1.82) is 0 Å². The molecule has 2 amide bonds. The number of hydrogen-bond acceptors (Lipinski definition) is 2. The number of carbonyl (C=O) groups excluding carboxylic acids is 1. The van der Waals surface area contributed by atoms with E-state index in [9.17, 15) is 9.18 Å². The molecule has 134 valence electrons. The van der Waals surface area contributed by atoms with Crippen LogP contribution in [0.15, 0.2) is 42.5 Å². The zero-order valence-electron chi connectivity index (χ0n) is 14.9. The molecule has 0 bridgehead atoms. The monoisotopic (exact) mass is 344 g/mol. The molecule has 0 spiro atoms. The molecule has 4 nitrogen and oxygen atoms in total. The Morgan fingerprint density at radius 3 is 2.60 bits per heavy atom. The van der Waals surface area contributed by atoms with Crippen LogP contribution in [-0.2, 0) is 6.42 Å². The largest absolute Gasteiger partial charge is 0.494 e. The number of ether oxygens (including phenoxy) is 1. The van der Waals surface area contributed by atoms with Crippen molar-refractivity contribution in [2.45, 2.75) is 33.2 Å². The van der Waals surface area contributed by atoms with Crippen LogP contribution in [-0.4, -0.2) is 19.2 Å². The highest BCUT2D eigenvalue weighted by molar-refractivity contribution is 5.74. The van der Waals surface area contributed by atoms with Gasteiger partial charge in [0.15, 0.2) is 0 Å². The van der Waals surface area contributed by atoms with Gasteiger partial charge in [0.1, 0.15) is 11.6 Å². The Morgan fingerprint density at radius 2 is 1.92 bits per heavy atom. The van der Waals surface area contributed by atoms with Crippen molar-refractivity contribution in [3.63, 3.8) is 0 Å². The van der Waals surface area contributed by atoms with Crippen LogP contribution in [0.1, 0.15) is 36.6 Å². The number of halogens is 1. The van der Waals surface area contributed by atoms with Crippen LogP contribution in [0.3, 0.4) is 0 Å². The molecule has 0 aliphatic heterocycles. The molecule has 0 saturated heterocycles. The SMILES string of the molecule is CCOc1ccc(C)cc1C(C)NC(=O)NCCc1ccc(F)cc1. The predicted octanol–water partition coefficient (Wildman–Crippen LogP) is 4.14. The number of benzene rings is 2. The van der Waals surface area contributed by atoms with Gasteiger partial charge in [0, 0.05) is 12.1 Å². The van der Waals surface area contributed by atoms with Crippen LogP contribution in [0.25, 0.3) is 0 Å². The Morgan fingerprint density at radius 1 is 1.20 bits per heavy atom. The Hall–Kier alpha value is -2.56. The van der Waals surface area contributed by atoms with Gasteiger partial charge in [-0.25, -0.2) is 9.18 Å². The first-order chi connectivity index (χ1) is 12.0. The van der Waals surface area contributed by atoms with E-state index in [1.54, 1.807) is 12.1 Å². The Balaban J connectivity index is 1.87. The minimum Gasteiger partial charge on any atom is -0.494 e. The second-order valence-corrected chi connectivity index (χ2v) is 5.97. The lowest BCUT2D eigenvalue weighted by Crippen LogP contribution is -2.38. The van der Waals surface area contributed by atoms with E-state index < -0.39 is 0 Å².